The molecule has 212 valence electrons. The first-order valence-electron chi connectivity index (χ1n) is 12.4. The van der Waals surface area contributed by atoms with Crippen molar-refractivity contribution in [2.45, 2.75) is 6.18 Å². The van der Waals surface area contributed by atoms with Crippen LogP contribution in [0.3, 0.4) is 0 Å². The van der Waals surface area contributed by atoms with Crippen molar-refractivity contribution < 1.29 is 40.3 Å². The number of ether oxygens (including phenoxy) is 1. The Morgan fingerprint density at radius 3 is 2.51 bits per heavy atom. The van der Waals surface area contributed by atoms with Gasteiger partial charge in [-0.2, -0.15) is 13.2 Å². The summed E-state index contributed by atoms with van der Waals surface area (Å²) >= 11 is 0. The summed E-state index contributed by atoms with van der Waals surface area (Å²) in [6.07, 6.45) is -3.46. The number of benzene rings is 3. The molecule has 0 atom stereocenters. The Hall–Kier alpha value is -4.55. The number of para-hydroxylation sites is 2. The number of fused-ring (bicyclic) bond motifs is 2. The van der Waals surface area contributed by atoms with Crippen molar-refractivity contribution in [3.63, 3.8) is 0 Å². The number of hydrogen-bond donors (Lipinski definition) is 1. The van der Waals surface area contributed by atoms with E-state index < -0.39 is 65.5 Å². The lowest BCUT2D eigenvalue weighted by molar-refractivity contribution is -0.180. The first-order chi connectivity index (χ1) is 19.5. The summed E-state index contributed by atoms with van der Waals surface area (Å²) in [5, 5.41) is 1.52. The molecular formula is C28H19F7N4O2. The molecule has 13 heteroatoms. The molecule has 1 aromatic heterocycles. The molecule has 0 bridgehead atoms. The largest absolute Gasteiger partial charge is 0.489 e. The van der Waals surface area contributed by atoms with Crippen molar-refractivity contribution in [3.05, 3.63) is 83.6 Å². The van der Waals surface area contributed by atoms with Gasteiger partial charge in [0.1, 0.15) is 24.0 Å². The number of rotatable bonds is 4. The van der Waals surface area contributed by atoms with E-state index in [1.165, 1.54) is 16.0 Å². The number of amides is 1. The maximum atomic E-state index is 15.1. The molecule has 1 saturated heterocycles. The summed E-state index contributed by atoms with van der Waals surface area (Å²) in [5.41, 5.74) is 1.49. The number of hydrogen-bond acceptors (Lipinski definition) is 5. The van der Waals surface area contributed by atoms with Crippen molar-refractivity contribution in [1.29, 1.82) is 0 Å². The molecule has 1 N–H and O–H groups in total. The Bertz CT molecular complexity index is 1690. The van der Waals surface area contributed by atoms with Crippen LogP contribution in [0.5, 0.6) is 5.75 Å². The number of anilines is 2. The third kappa shape index (κ3) is 4.64. The molecule has 1 amide bonds. The van der Waals surface area contributed by atoms with Gasteiger partial charge in [0.05, 0.1) is 34.9 Å². The highest BCUT2D eigenvalue weighted by molar-refractivity contribution is 6.10. The topological polar surface area (TPSA) is 57.7 Å². The van der Waals surface area contributed by atoms with E-state index in [0.717, 1.165) is 12.3 Å². The molecular weight excluding hydrogens is 557 g/mol. The molecule has 3 aromatic carbocycles. The lowest BCUT2D eigenvalue weighted by Crippen LogP contribution is -2.54. The van der Waals surface area contributed by atoms with Gasteiger partial charge in [-0.05, 0) is 30.3 Å². The van der Waals surface area contributed by atoms with Crippen LogP contribution in [0, 0.1) is 29.2 Å². The minimum Gasteiger partial charge on any atom is -0.489 e. The molecule has 0 unspecified atom stereocenters. The van der Waals surface area contributed by atoms with E-state index in [1.807, 2.05) is 0 Å². The number of halogens is 7. The normalized spacial score (nSPS) is 15.4. The predicted octanol–water partition coefficient (Wildman–Crippen LogP) is 6.00. The number of aromatic nitrogens is 1. The molecule has 6 rings (SSSR count). The van der Waals surface area contributed by atoms with Crippen molar-refractivity contribution in [1.82, 2.24) is 10.4 Å². The maximum absolute atomic E-state index is 15.1. The van der Waals surface area contributed by atoms with E-state index in [0.29, 0.717) is 23.6 Å². The van der Waals surface area contributed by atoms with Crippen LogP contribution in [0.2, 0.25) is 0 Å². The average molecular weight is 576 g/mol. The second-order valence-electron chi connectivity index (χ2n) is 9.64. The Morgan fingerprint density at radius 1 is 1.00 bits per heavy atom. The SMILES string of the molecule is O=C(NN1CCOc2ccccc21)c1cnc2c(-c3cc(F)cc(F)c3F)c(F)ccc2c1N1CC(C(F)(F)F)C1. The van der Waals surface area contributed by atoms with Crippen molar-refractivity contribution in [2.24, 2.45) is 5.92 Å². The van der Waals surface area contributed by atoms with Crippen LogP contribution in [0.1, 0.15) is 10.4 Å². The molecule has 2 aliphatic heterocycles. The summed E-state index contributed by atoms with van der Waals surface area (Å²) in [6, 6.07) is 9.86. The zero-order valence-electron chi connectivity index (χ0n) is 20.9. The number of nitrogens with one attached hydrogen (secondary N) is 1. The second kappa shape index (κ2) is 9.82. The summed E-state index contributed by atoms with van der Waals surface area (Å²) in [6.45, 7) is -0.492. The Kier molecular flexibility index (Phi) is 6.39. The Morgan fingerprint density at radius 2 is 1.76 bits per heavy atom. The van der Waals surface area contributed by atoms with Gasteiger partial charge in [0.2, 0.25) is 0 Å². The summed E-state index contributed by atoms with van der Waals surface area (Å²) in [7, 11) is 0. The second-order valence-corrected chi connectivity index (χ2v) is 9.64. The summed E-state index contributed by atoms with van der Waals surface area (Å²) in [4.78, 5) is 19.0. The minimum atomic E-state index is -4.49. The van der Waals surface area contributed by atoms with Crippen molar-refractivity contribution in [2.75, 3.05) is 36.1 Å². The smallest absolute Gasteiger partial charge is 0.395 e. The molecule has 1 fully saturated rings. The van der Waals surface area contributed by atoms with Crippen LogP contribution in [-0.2, 0) is 0 Å². The fourth-order valence-corrected chi connectivity index (χ4v) is 5.06. The first-order valence-corrected chi connectivity index (χ1v) is 12.4. The van der Waals surface area contributed by atoms with E-state index in [2.05, 4.69) is 10.4 Å². The number of nitrogens with zero attached hydrogens (tertiary/aromatic N) is 3. The number of pyridine rings is 1. The third-order valence-corrected chi connectivity index (χ3v) is 7.09. The number of alkyl halides is 3. The molecule has 0 radical (unpaired) electrons. The zero-order valence-corrected chi connectivity index (χ0v) is 20.9. The highest BCUT2D eigenvalue weighted by Gasteiger charge is 2.48. The highest BCUT2D eigenvalue weighted by atomic mass is 19.4. The minimum absolute atomic E-state index is 0.00104. The predicted molar refractivity (Wildman–Crippen MR) is 136 cm³/mol. The molecule has 6 nitrogen and oxygen atoms in total. The molecule has 4 aromatic rings. The molecule has 3 heterocycles. The van der Waals surface area contributed by atoms with Gasteiger partial charge in [-0.1, -0.05) is 12.1 Å². The van der Waals surface area contributed by atoms with Crippen LogP contribution in [-0.4, -0.2) is 43.3 Å². The van der Waals surface area contributed by atoms with Crippen LogP contribution < -0.4 is 20.1 Å². The highest BCUT2D eigenvalue weighted by Crippen LogP contribution is 2.43. The maximum Gasteiger partial charge on any atom is 0.395 e. The summed E-state index contributed by atoms with van der Waals surface area (Å²) in [5.74, 6) is -7.23. The Labute approximate surface area is 227 Å². The Balaban J connectivity index is 1.48. The van der Waals surface area contributed by atoms with Gasteiger partial charge in [-0.25, -0.2) is 17.6 Å². The van der Waals surface area contributed by atoms with Crippen molar-refractivity contribution in [3.8, 4) is 16.9 Å². The van der Waals surface area contributed by atoms with E-state index in [-0.39, 0.29) is 35.3 Å². The van der Waals surface area contributed by atoms with Crippen molar-refractivity contribution >= 4 is 28.2 Å². The monoisotopic (exact) mass is 576 g/mol. The molecule has 2 aliphatic rings. The van der Waals surface area contributed by atoms with Crippen LogP contribution in [0.15, 0.2) is 54.7 Å². The van der Waals surface area contributed by atoms with Gasteiger partial charge in [0.15, 0.2) is 11.6 Å². The quantitative estimate of drug-likeness (QED) is 0.239. The van der Waals surface area contributed by atoms with Crippen LogP contribution in [0.4, 0.5) is 42.1 Å². The van der Waals surface area contributed by atoms with E-state index in [1.54, 1.807) is 24.3 Å². The standard InChI is InChI=1S/C28H19F7N4O2/c29-15-9-17(24(32)20(31)10-15)23-19(30)6-5-16-25(23)36-11-18(26(16)38-12-14(13-38)28(33,34)35)27(40)37-39-7-8-41-22-4-2-1-3-21(22)39/h1-6,9-11,14H,7-8,12-13H2,(H,37,40). The zero-order chi connectivity index (χ0) is 29.1. The van der Waals surface area contributed by atoms with Gasteiger partial charge in [-0.15, -0.1) is 0 Å². The number of carbonyl (C=O) groups is 1. The molecule has 41 heavy (non-hydrogen) atoms. The van der Waals surface area contributed by atoms with E-state index in [4.69, 9.17) is 4.74 Å². The summed E-state index contributed by atoms with van der Waals surface area (Å²) < 4.78 is 104. The van der Waals surface area contributed by atoms with E-state index >= 15 is 4.39 Å². The third-order valence-electron chi connectivity index (χ3n) is 7.09. The number of carbonyl (C=O) groups excluding carboxylic acids is 1. The van der Waals surface area contributed by atoms with E-state index in [9.17, 15) is 31.1 Å². The van der Waals surface area contributed by atoms with Crippen LogP contribution in [0.25, 0.3) is 22.0 Å². The van der Waals surface area contributed by atoms with Gasteiger partial charge in [0, 0.05) is 41.9 Å². The molecule has 0 saturated carbocycles. The lowest BCUT2D eigenvalue weighted by Gasteiger charge is -2.43. The molecule has 0 spiro atoms. The average Bonchev–Trinajstić information content (AvgIpc) is 2.89. The number of hydrazine groups is 1. The van der Waals surface area contributed by atoms with Gasteiger partial charge >= 0.3 is 6.18 Å². The first kappa shape index (κ1) is 26.7. The molecule has 0 aliphatic carbocycles. The lowest BCUT2D eigenvalue weighted by atomic mass is 9.94. The fourth-order valence-electron chi connectivity index (χ4n) is 5.06. The van der Waals surface area contributed by atoms with Gasteiger partial charge in [0.25, 0.3) is 5.91 Å². The van der Waals surface area contributed by atoms with Crippen LogP contribution >= 0.6 is 0 Å². The van der Waals surface area contributed by atoms with Gasteiger partial charge in [-0.3, -0.25) is 20.2 Å². The van der Waals surface area contributed by atoms with Gasteiger partial charge < -0.3 is 9.64 Å². The fraction of sp³-hybridized carbons (Fsp3) is 0.214.